The Bertz CT molecular complexity index is 917. The van der Waals surface area contributed by atoms with Gasteiger partial charge in [-0.1, -0.05) is 0 Å². The van der Waals surface area contributed by atoms with Gasteiger partial charge in [0.25, 0.3) is 0 Å². The predicted octanol–water partition coefficient (Wildman–Crippen LogP) is 5.05. The van der Waals surface area contributed by atoms with E-state index in [1.54, 1.807) is 21.3 Å². The first kappa shape index (κ1) is 22.2. The van der Waals surface area contributed by atoms with Gasteiger partial charge in [0.05, 0.1) is 27.9 Å². The van der Waals surface area contributed by atoms with Crippen molar-refractivity contribution in [3.63, 3.8) is 0 Å². The molecule has 5 heteroatoms. The Hall–Kier alpha value is -2.97. The van der Waals surface area contributed by atoms with Gasteiger partial charge in [-0.15, -0.1) is 0 Å². The highest BCUT2D eigenvalue weighted by Crippen LogP contribution is 2.58. The summed E-state index contributed by atoms with van der Waals surface area (Å²) in [6.07, 6.45) is 3.22. The number of methoxy groups -OCH3 is 3. The molecule has 0 atom stereocenters. The monoisotopic (exact) mass is 449 g/mol. The number of hydrogen-bond donors (Lipinski definition) is 0. The maximum absolute atomic E-state index is 6.15. The fraction of sp³-hybridized carbons (Fsp3) is 0.259. The van der Waals surface area contributed by atoms with Gasteiger partial charge in [-0.05, 0) is 85.6 Å². The van der Waals surface area contributed by atoms with Gasteiger partial charge in [-0.3, -0.25) is 0 Å². The third-order valence-electron chi connectivity index (χ3n) is 5.88. The third kappa shape index (κ3) is 4.47. The van der Waals surface area contributed by atoms with Gasteiger partial charge in [0, 0.05) is 6.42 Å². The highest BCUT2D eigenvalue weighted by molar-refractivity contribution is 7.98. The Morgan fingerprint density at radius 3 is 1.34 bits per heavy atom. The average Bonchev–Trinajstić information content (AvgIpc) is 2.88. The lowest BCUT2D eigenvalue weighted by atomic mass is 10.2. The largest absolute Gasteiger partial charge is 0.497 e. The van der Waals surface area contributed by atoms with Crippen molar-refractivity contribution in [1.29, 1.82) is 0 Å². The number of allylic oxidation sites excluding steroid dienone is 1. The molecule has 4 nitrogen and oxygen atoms in total. The van der Waals surface area contributed by atoms with Gasteiger partial charge in [0.1, 0.15) is 52.0 Å². The highest BCUT2D eigenvalue weighted by atomic mass is 31.2. The summed E-state index contributed by atoms with van der Waals surface area (Å²) in [5.74, 6) is 6.01. The van der Waals surface area contributed by atoms with E-state index in [1.807, 2.05) is 36.4 Å². The van der Waals surface area contributed by atoms with E-state index >= 15 is 0 Å². The van der Waals surface area contributed by atoms with E-state index in [0.29, 0.717) is 0 Å². The quantitative estimate of drug-likeness (QED) is 0.473. The zero-order valence-electron chi connectivity index (χ0n) is 18.9. The Balaban J connectivity index is 1.98. The van der Waals surface area contributed by atoms with Crippen molar-refractivity contribution in [2.75, 3.05) is 27.9 Å². The van der Waals surface area contributed by atoms with Crippen LogP contribution in [0.3, 0.4) is 0 Å². The van der Waals surface area contributed by atoms with Crippen LogP contribution in [0.4, 0.5) is 0 Å². The summed E-state index contributed by atoms with van der Waals surface area (Å²) >= 11 is 0. The molecule has 4 rings (SSSR count). The SMILES string of the molecule is COc1ccc([P+](/C=C2/CCCCO2)(c2ccc(OC)cc2)c2ccc(OC)cc2)cc1. The lowest BCUT2D eigenvalue weighted by molar-refractivity contribution is 0.167. The standard InChI is InChI=1S/C27H30O4P/c1-28-21-7-13-25(14-8-21)32(20-24-6-4-5-19-31-24,26-15-9-22(29-2)10-16-26)27-17-11-23(30-3)12-18-27/h7-18,20H,4-6,19H2,1-3H3/q+1/b24-20-. The molecule has 0 bridgehead atoms. The van der Waals surface area contributed by atoms with Crippen LogP contribution in [0.25, 0.3) is 0 Å². The molecular formula is C27H30O4P+. The molecule has 0 spiro atoms. The Morgan fingerprint density at radius 1 is 0.625 bits per heavy atom. The van der Waals surface area contributed by atoms with Crippen LogP contribution in [-0.4, -0.2) is 27.9 Å². The van der Waals surface area contributed by atoms with Crippen LogP contribution in [0, 0.1) is 0 Å². The van der Waals surface area contributed by atoms with E-state index in [4.69, 9.17) is 18.9 Å². The second-order valence-corrected chi connectivity index (χ2v) is 11.0. The molecule has 1 saturated heterocycles. The van der Waals surface area contributed by atoms with Crippen molar-refractivity contribution >= 4 is 23.2 Å². The molecule has 1 fully saturated rings. The topological polar surface area (TPSA) is 36.9 Å². The van der Waals surface area contributed by atoms with Crippen LogP contribution < -0.4 is 30.1 Å². The number of ether oxygens (including phenoxy) is 4. The van der Waals surface area contributed by atoms with E-state index in [2.05, 4.69) is 42.2 Å². The van der Waals surface area contributed by atoms with Crippen molar-refractivity contribution < 1.29 is 18.9 Å². The molecule has 0 aliphatic carbocycles. The van der Waals surface area contributed by atoms with Crippen molar-refractivity contribution in [2.45, 2.75) is 19.3 Å². The Morgan fingerprint density at radius 2 is 1.03 bits per heavy atom. The molecule has 0 N–H and O–H groups in total. The molecule has 0 aromatic heterocycles. The van der Waals surface area contributed by atoms with E-state index in [1.165, 1.54) is 15.9 Å². The minimum Gasteiger partial charge on any atom is -0.497 e. The number of rotatable bonds is 7. The first-order valence-electron chi connectivity index (χ1n) is 10.9. The fourth-order valence-corrected chi connectivity index (χ4v) is 7.95. The summed E-state index contributed by atoms with van der Waals surface area (Å²) in [7, 11) is 2.92. The summed E-state index contributed by atoms with van der Waals surface area (Å²) < 4.78 is 22.5. The van der Waals surface area contributed by atoms with Crippen molar-refractivity contribution in [3.05, 3.63) is 84.4 Å². The number of hydrogen-bond acceptors (Lipinski definition) is 4. The van der Waals surface area contributed by atoms with Crippen LogP contribution in [0.2, 0.25) is 0 Å². The molecule has 0 radical (unpaired) electrons. The number of benzene rings is 3. The second-order valence-electron chi connectivity index (χ2n) is 7.72. The molecule has 3 aromatic rings. The van der Waals surface area contributed by atoms with Crippen molar-refractivity contribution in [3.8, 4) is 17.2 Å². The molecule has 0 amide bonds. The zero-order valence-corrected chi connectivity index (χ0v) is 19.8. The molecule has 1 aliphatic rings. The van der Waals surface area contributed by atoms with Gasteiger partial charge >= 0.3 is 0 Å². The van der Waals surface area contributed by atoms with Crippen LogP contribution in [0.5, 0.6) is 17.2 Å². The van der Waals surface area contributed by atoms with Gasteiger partial charge in [-0.2, -0.15) is 0 Å². The van der Waals surface area contributed by atoms with Gasteiger partial charge in [0.15, 0.2) is 0 Å². The molecule has 32 heavy (non-hydrogen) atoms. The van der Waals surface area contributed by atoms with E-state index in [9.17, 15) is 0 Å². The van der Waals surface area contributed by atoms with Gasteiger partial charge < -0.3 is 18.9 Å². The first-order chi connectivity index (χ1) is 15.7. The second kappa shape index (κ2) is 10.1. The molecule has 166 valence electrons. The summed E-state index contributed by atoms with van der Waals surface area (Å²) in [5, 5.41) is 3.74. The van der Waals surface area contributed by atoms with Crippen LogP contribution in [0.15, 0.2) is 84.4 Å². The van der Waals surface area contributed by atoms with Gasteiger partial charge in [-0.25, -0.2) is 0 Å². The average molecular weight is 450 g/mol. The molecule has 0 saturated carbocycles. The highest BCUT2D eigenvalue weighted by Gasteiger charge is 2.45. The third-order valence-corrected chi connectivity index (χ3v) is 9.90. The summed E-state index contributed by atoms with van der Waals surface area (Å²) in [5.41, 5.74) is 0. The minimum absolute atomic E-state index is 0.777. The molecule has 3 aromatic carbocycles. The maximum atomic E-state index is 6.15. The summed E-state index contributed by atoms with van der Waals surface area (Å²) in [6.45, 7) is 0.777. The normalized spacial score (nSPS) is 15.2. The van der Waals surface area contributed by atoms with E-state index in [0.717, 1.165) is 48.9 Å². The molecular weight excluding hydrogens is 419 g/mol. The van der Waals surface area contributed by atoms with Crippen LogP contribution in [0.1, 0.15) is 19.3 Å². The predicted molar refractivity (Wildman–Crippen MR) is 133 cm³/mol. The first-order valence-corrected chi connectivity index (χ1v) is 12.7. The lowest BCUT2D eigenvalue weighted by Gasteiger charge is -2.26. The lowest BCUT2D eigenvalue weighted by Crippen LogP contribution is -2.30. The van der Waals surface area contributed by atoms with E-state index in [-0.39, 0.29) is 0 Å². The smallest absolute Gasteiger partial charge is 0.140 e. The van der Waals surface area contributed by atoms with Crippen molar-refractivity contribution in [2.24, 2.45) is 0 Å². The fourth-order valence-electron chi connectivity index (χ4n) is 4.12. The Kier molecular flexibility index (Phi) is 7.02. The zero-order chi connectivity index (χ0) is 22.4. The molecule has 1 heterocycles. The van der Waals surface area contributed by atoms with Crippen LogP contribution in [-0.2, 0) is 4.74 Å². The summed E-state index contributed by atoms with van der Waals surface area (Å²) in [6, 6.07) is 25.3. The summed E-state index contributed by atoms with van der Waals surface area (Å²) in [4.78, 5) is 0. The van der Waals surface area contributed by atoms with Crippen molar-refractivity contribution in [1.82, 2.24) is 0 Å². The van der Waals surface area contributed by atoms with E-state index < -0.39 is 7.26 Å². The molecule has 1 aliphatic heterocycles. The van der Waals surface area contributed by atoms with Gasteiger partial charge in [0.2, 0.25) is 0 Å². The maximum Gasteiger partial charge on any atom is 0.140 e. The Labute approximate surface area is 191 Å². The minimum atomic E-state index is -2.17. The van der Waals surface area contributed by atoms with Crippen LogP contribution >= 0.6 is 7.26 Å². The molecule has 0 unspecified atom stereocenters.